The van der Waals surface area contributed by atoms with Gasteiger partial charge < -0.3 is 0 Å². The lowest BCUT2D eigenvalue weighted by molar-refractivity contribution is 0.551. The van der Waals surface area contributed by atoms with Crippen molar-refractivity contribution in [2.75, 3.05) is 12.0 Å². The Bertz CT molecular complexity index is 265. The summed E-state index contributed by atoms with van der Waals surface area (Å²) in [5.41, 5.74) is 0.400. The van der Waals surface area contributed by atoms with Gasteiger partial charge in [-0.05, 0) is 30.1 Å². The van der Waals surface area contributed by atoms with Gasteiger partial charge in [0.25, 0.3) is 0 Å². The van der Waals surface area contributed by atoms with Crippen molar-refractivity contribution in [2.24, 2.45) is 0 Å². The van der Waals surface area contributed by atoms with E-state index in [9.17, 15) is 8.78 Å². The van der Waals surface area contributed by atoms with Crippen molar-refractivity contribution in [3.63, 3.8) is 0 Å². The second kappa shape index (κ2) is 4.40. The number of rotatable bonds is 3. The summed E-state index contributed by atoms with van der Waals surface area (Å²) in [5.74, 6) is -0.252. The Morgan fingerprint density at radius 3 is 2.92 bits per heavy atom. The van der Waals surface area contributed by atoms with Gasteiger partial charge in [0, 0.05) is 0 Å². The second-order valence-electron chi connectivity index (χ2n) is 2.34. The van der Waals surface area contributed by atoms with E-state index in [4.69, 9.17) is 0 Å². The highest BCUT2D eigenvalue weighted by atomic mass is 32.2. The van der Waals surface area contributed by atoms with Crippen molar-refractivity contribution < 1.29 is 8.78 Å². The van der Waals surface area contributed by atoms with Gasteiger partial charge in [-0.3, -0.25) is 0 Å². The van der Waals surface area contributed by atoms with Gasteiger partial charge >= 0.3 is 0 Å². The summed E-state index contributed by atoms with van der Waals surface area (Å²) >= 11 is 1.60. The van der Waals surface area contributed by atoms with Gasteiger partial charge in [0.15, 0.2) is 0 Å². The maximum Gasteiger partial charge on any atom is 0.213 e. The first-order valence-corrected chi connectivity index (χ1v) is 4.92. The van der Waals surface area contributed by atoms with Gasteiger partial charge in [-0.15, -0.1) is 0 Å². The number of aryl methyl sites for hydroxylation is 1. The van der Waals surface area contributed by atoms with Crippen molar-refractivity contribution in [2.45, 2.75) is 6.42 Å². The van der Waals surface area contributed by atoms with Crippen molar-refractivity contribution in [1.82, 2.24) is 4.98 Å². The minimum atomic E-state index is -0.618. The summed E-state index contributed by atoms with van der Waals surface area (Å²) in [7, 11) is 0. The number of pyridine rings is 1. The van der Waals surface area contributed by atoms with Gasteiger partial charge in [-0.2, -0.15) is 16.2 Å². The molecule has 0 radical (unpaired) electrons. The molecule has 0 aromatic carbocycles. The van der Waals surface area contributed by atoms with Gasteiger partial charge in [-0.1, -0.05) is 0 Å². The number of hydrogen-bond acceptors (Lipinski definition) is 2. The van der Waals surface area contributed by atoms with Crippen LogP contribution in [0.1, 0.15) is 5.56 Å². The molecule has 12 heavy (non-hydrogen) atoms. The molecule has 0 aliphatic carbocycles. The molecular weight excluding hydrogens is 180 g/mol. The van der Waals surface area contributed by atoms with Crippen LogP contribution < -0.4 is 0 Å². The van der Waals surface area contributed by atoms with Gasteiger partial charge in [0.2, 0.25) is 5.95 Å². The monoisotopic (exact) mass is 189 g/mol. The minimum Gasteiger partial charge on any atom is -0.225 e. The first-order chi connectivity index (χ1) is 5.74. The average molecular weight is 189 g/mol. The largest absolute Gasteiger partial charge is 0.225 e. The molecule has 1 aromatic heterocycles. The first-order valence-electron chi connectivity index (χ1n) is 3.53. The third-order valence-corrected chi connectivity index (χ3v) is 2.09. The quantitative estimate of drug-likeness (QED) is 0.676. The molecule has 0 amide bonds. The third-order valence-electron chi connectivity index (χ3n) is 1.48. The van der Waals surface area contributed by atoms with E-state index in [0.717, 1.165) is 18.0 Å². The Balaban J connectivity index is 2.75. The average Bonchev–Trinajstić information content (AvgIpc) is 2.07. The summed E-state index contributed by atoms with van der Waals surface area (Å²) in [6.07, 6.45) is 3.40. The summed E-state index contributed by atoms with van der Waals surface area (Å²) in [5, 5.41) is 0. The number of nitrogens with zero attached hydrogens (tertiary/aromatic N) is 1. The molecule has 0 saturated heterocycles. The molecule has 0 fully saturated rings. The van der Waals surface area contributed by atoms with Crippen LogP contribution in [0.5, 0.6) is 0 Å². The van der Waals surface area contributed by atoms with E-state index in [1.807, 2.05) is 6.26 Å². The van der Waals surface area contributed by atoms with Gasteiger partial charge in [-0.25, -0.2) is 9.37 Å². The van der Waals surface area contributed by atoms with Crippen LogP contribution in [0.25, 0.3) is 0 Å². The Hall–Kier alpha value is -0.640. The standard InChI is InChI=1S/C8H9F2NS/c1-12-3-2-6-4-8(10)11-5-7(6)9/h4-5H,2-3H2,1H3. The Morgan fingerprint density at radius 2 is 2.25 bits per heavy atom. The highest BCUT2D eigenvalue weighted by Gasteiger charge is 2.03. The zero-order valence-corrected chi connectivity index (χ0v) is 7.50. The lowest BCUT2D eigenvalue weighted by atomic mass is 10.2. The molecule has 0 unspecified atom stereocenters. The summed E-state index contributed by atoms with van der Waals surface area (Å²) < 4.78 is 25.3. The fraction of sp³-hybridized carbons (Fsp3) is 0.375. The molecule has 0 bridgehead atoms. The lowest BCUT2D eigenvalue weighted by Crippen LogP contribution is -1.96. The molecule has 1 rings (SSSR count). The maximum absolute atomic E-state index is 12.9. The van der Waals surface area contributed by atoms with Crippen LogP contribution in [0.2, 0.25) is 0 Å². The Kier molecular flexibility index (Phi) is 3.47. The molecule has 1 nitrogen and oxygen atoms in total. The highest BCUT2D eigenvalue weighted by Crippen LogP contribution is 2.09. The van der Waals surface area contributed by atoms with E-state index in [-0.39, 0.29) is 0 Å². The molecule has 0 atom stereocenters. The van der Waals surface area contributed by atoms with Crippen LogP contribution in [-0.4, -0.2) is 17.0 Å². The fourth-order valence-corrected chi connectivity index (χ4v) is 1.28. The smallest absolute Gasteiger partial charge is 0.213 e. The van der Waals surface area contributed by atoms with Crippen LogP contribution in [0.4, 0.5) is 8.78 Å². The molecule has 66 valence electrons. The lowest BCUT2D eigenvalue weighted by Gasteiger charge is -2.00. The van der Waals surface area contributed by atoms with E-state index in [1.165, 1.54) is 0 Å². The molecule has 0 aliphatic rings. The topological polar surface area (TPSA) is 12.9 Å². The first kappa shape index (κ1) is 9.45. The number of thioether (sulfide) groups is 1. The van der Waals surface area contributed by atoms with Crippen LogP contribution in [0.15, 0.2) is 12.3 Å². The van der Waals surface area contributed by atoms with Crippen LogP contribution in [-0.2, 0) is 6.42 Å². The Morgan fingerprint density at radius 1 is 1.50 bits per heavy atom. The van der Waals surface area contributed by atoms with E-state index in [0.29, 0.717) is 12.0 Å². The molecule has 0 spiro atoms. The van der Waals surface area contributed by atoms with E-state index >= 15 is 0 Å². The fourth-order valence-electron chi connectivity index (χ4n) is 0.855. The van der Waals surface area contributed by atoms with Crippen LogP contribution in [0, 0.1) is 11.8 Å². The zero-order valence-electron chi connectivity index (χ0n) is 6.68. The molecular formula is C8H9F2NS. The number of aromatic nitrogens is 1. The highest BCUT2D eigenvalue weighted by molar-refractivity contribution is 7.98. The molecule has 1 aromatic rings. The normalized spacial score (nSPS) is 10.2. The minimum absolute atomic E-state index is 0.400. The SMILES string of the molecule is CSCCc1cc(F)ncc1F. The van der Waals surface area contributed by atoms with Crippen molar-refractivity contribution >= 4 is 11.8 Å². The van der Waals surface area contributed by atoms with E-state index in [1.54, 1.807) is 11.8 Å². The summed E-state index contributed by atoms with van der Waals surface area (Å²) in [6, 6.07) is 1.14. The van der Waals surface area contributed by atoms with E-state index in [2.05, 4.69) is 4.98 Å². The predicted molar refractivity (Wildman–Crippen MR) is 46.2 cm³/mol. The molecule has 0 aliphatic heterocycles. The van der Waals surface area contributed by atoms with Crippen LogP contribution in [0.3, 0.4) is 0 Å². The van der Waals surface area contributed by atoms with Crippen molar-refractivity contribution in [1.29, 1.82) is 0 Å². The molecule has 0 N–H and O–H groups in total. The molecule has 1 heterocycles. The summed E-state index contributed by atoms with van der Waals surface area (Å²) in [6.45, 7) is 0. The van der Waals surface area contributed by atoms with Crippen LogP contribution >= 0.6 is 11.8 Å². The van der Waals surface area contributed by atoms with E-state index < -0.39 is 11.8 Å². The molecule has 4 heteroatoms. The third kappa shape index (κ3) is 2.44. The number of halogens is 2. The summed E-state index contributed by atoms with van der Waals surface area (Å²) in [4.78, 5) is 3.20. The second-order valence-corrected chi connectivity index (χ2v) is 3.33. The van der Waals surface area contributed by atoms with Crippen molar-refractivity contribution in [3.05, 3.63) is 29.6 Å². The van der Waals surface area contributed by atoms with Crippen molar-refractivity contribution in [3.8, 4) is 0 Å². The maximum atomic E-state index is 12.9. The van der Waals surface area contributed by atoms with Gasteiger partial charge in [0.1, 0.15) is 5.82 Å². The zero-order chi connectivity index (χ0) is 8.97. The Labute approximate surface area is 74.2 Å². The molecule has 0 saturated carbocycles. The van der Waals surface area contributed by atoms with Gasteiger partial charge in [0.05, 0.1) is 6.20 Å². The predicted octanol–water partition coefficient (Wildman–Crippen LogP) is 2.27. The number of hydrogen-bond donors (Lipinski definition) is 0.